The van der Waals surface area contributed by atoms with Gasteiger partial charge in [0.1, 0.15) is 17.2 Å². The Kier molecular flexibility index (Phi) is 16.3. The average molecular weight is 562 g/mol. The van der Waals surface area contributed by atoms with E-state index in [1.54, 1.807) is 24.3 Å². The molecule has 3 N–H and O–H groups in total. The molecule has 0 aliphatic carbocycles. The second-order valence-electron chi connectivity index (χ2n) is 8.67. The maximum Gasteiger partial charge on any atom is 0.119 e. The van der Waals surface area contributed by atoms with Crippen molar-refractivity contribution in [2.24, 2.45) is 0 Å². The number of phenols is 1. The third kappa shape index (κ3) is 14.8. The Hall–Kier alpha value is -2.54. The number of aliphatic hydroxyl groups is 2. The zero-order chi connectivity index (χ0) is 26.8. The summed E-state index contributed by atoms with van der Waals surface area (Å²) in [5, 5.41) is 27.1. The fourth-order valence-corrected chi connectivity index (χ4v) is 3.50. The van der Waals surface area contributed by atoms with Gasteiger partial charge < -0.3 is 24.8 Å². The largest absolute Gasteiger partial charge is 0.508 e. The van der Waals surface area contributed by atoms with E-state index in [2.05, 4.69) is 28.1 Å². The molecule has 198 valence electrons. The van der Waals surface area contributed by atoms with Crippen molar-refractivity contribution in [3.63, 3.8) is 0 Å². The summed E-state index contributed by atoms with van der Waals surface area (Å²) in [6.07, 6.45) is 2.90. The molecule has 0 bridgehead atoms. The summed E-state index contributed by atoms with van der Waals surface area (Å²) in [5.74, 6) is 2.10. The highest BCUT2D eigenvalue weighted by Crippen LogP contribution is 2.15. The Morgan fingerprint density at radius 1 is 0.583 bits per heavy atom. The Morgan fingerprint density at radius 2 is 0.917 bits per heavy atom. The maximum absolute atomic E-state index is 8.86. The zero-order valence-electron chi connectivity index (χ0n) is 21.9. The second-order valence-corrected chi connectivity index (χ2v) is 9.47. The van der Waals surface area contributed by atoms with Crippen molar-refractivity contribution in [3.8, 4) is 17.2 Å². The molecule has 0 radical (unpaired) electrons. The number of hydrogen-bond acceptors (Lipinski definition) is 5. The van der Waals surface area contributed by atoms with Crippen molar-refractivity contribution >= 4 is 15.9 Å². The van der Waals surface area contributed by atoms with E-state index < -0.39 is 0 Å². The van der Waals surface area contributed by atoms with E-state index in [-0.39, 0.29) is 31.2 Å². The van der Waals surface area contributed by atoms with Gasteiger partial charge in [-0.05, 0) is 100 Å². The SMILES string of the molecule is CC(C)Oc1ccc(CCBr)cc1.CC(C)Oc1ccc(CCO)cc1.OCCc1ccc(O)cc1. The molecule has 0 spiro atoms. The number of hydrogen-bond donors (Lipinski definition) is 3. The fraction of sp³-hybridized carbons (Fsp3) is 0.400. The number of alkyl halides is 1. The Balaban J connectivity index is 0.000000273. The van der Waals surface area contributed by atoms with Crippen LogP contribution in [0.4, 0.5) is 0 Å². The van der Waals surface area contributed by atoms with Gasteiger partial charge in [-0.25, -0.2) is 0 Å². The molecule has 3 rings (SSSR count). The molecule has 0 saturated carbocycles. The number of halogens is 1. The predicted octanol–water partition coefficient (Wildman–Crippen LogP) is 6.35. The lowest BCUT2D eigenvalue weighted by atomic mass is 10.1. The first-order chi connectivity index (χ1) is 17.3. The number of rotatable bonds is 10. The van der Waals surface area contributed by atoms with Crippen LogP contribution in [-0.4, -0.2) is 46.1 Å². The van der Waals surface area contributed by atoms with Crippen molar-refractivity contribution in [1.29, 1.82) is 0 Å². The maximum atomic E-state index is 8.86. The molecule has 5 nitrogen and oxygen atoms in total. The fourth-order valence-electron chi connectivity index (χ4n) is 3.04. The third-order valence-electron chi connectivity index (χ3n) is 4.71. The van der Waals surface area contributed by atoms with E-state index in [1.807, 2.05) is 64.1 Å². The Labute approximate surface area is 224 Å². The van der Waals surface area contributed by atoms with Gasteiger partial charge in [0.25, 0.3) is 0 Å². The minimum absolute atomic E-state index is 0.158. The minimum Gasteiger partial charge on any atom is -0.508 e. The van der Waals surface area contributed by atoms with Gasteiger partial charge in [-0.3, -0.25) is 0 Å². The van der Waals surface area contributed by atoms with Crippen LogP contribution < -0.4 is 9.47 Å². The summed E-state index contributed by atoms with van der Waals surface area (Å²) in [5.41, 5.74) is 3.52. The molecule has 6 heteroatoms. The number of ether oxygens (including phenoxy) is 2. The van der Waals surface area contributed by atoms with E-state index in [0.717, 1.165) is 34.4 Å². The minimum atomic E-state index is 0.158. The van der Waals surface area contributed by atoms with Gasteiger partial charge in [0, 0.05) is 18.5 Å². The highest BCUT2D eigenvalue weighted by molar-refractivity contribution is 9.09. The first-order valence-electron chi connectivity index (χ1n) is 12.3. The first kappa shape index (κ1) is 31.5. The molecule has 3 aromatic rings. The van der Waals surface area contributed by atoms with E-state index >= 15 is 0 Å². The lowest BCUT2D eigenvalue weighted by Crippen LogP contribution is -2.05. The molecule has 36 heavy (non-hydrogen) atoms. The summed E-state index contributed by atoms with van der Waals surface area (Å²) in [4.78, 5) is 0. The molecule has 0 unspecified atom stereocenters. The quantitative estimate of drug-likeness (QED) is 0.252. The van der Waals surface area contributed by atoms with Gasteiger partial charge in [-0.2, -0.15) is 0 Å². The standard InChI is InChI=1S/C11H15BrO.C11H16O2.C8H10O2/c2*1-9(2)13-11-5-3-10(4-6-11)7-8-12;9-6-5-7-1-3-8(10)4-2-7/h3-6,9H,7-8H2,1-2H3;3-6,9,12H,7-8H2,1-2H3;1-4,9-10H,5-6H2. The van der Waals surface area contributed by atoms with Crippen molar-refractivity contribution in [2.45, 2.75) is 59.2 Å². The van der Waals surface area contributed by atoms with Crippen LogP contribution in [0.1, 0.15) is 44.4 Å². The van der Waals surface area contributed by atoms with Gasteiger partial charge in [0.05, 0.1) is 12.2 Å². The van der Waals surface area contributed by atoms with Gasteiger partial charge in [-0.1, -0.05) is 52.3 Å². The van der Waals surface area contributed by atoms with Gasteiger partial charge in [0.2, 0.25) is 0 Å². The molecule has 0 amide bonds. The van der Waals surface area contributed by atoms with Crippen LogP contribution in [0.3, 0.4) is 0 Å². The molecular formula is C30H41BrO5. The highest BCUT2D eigenvalue weighted by Gasteiger charge is 1.98. The Morgan fingerprint density at radius 3 is 1.22 bits per heavy atom. The van der Waals surface area contributed by atoms with Crippen LogP contribution in [0.15, 0.2) is 72.8 Å². The lowest BCUT2D eigenvalue weighted by molar-refractivity contribution is 0.242. The highest BCUT2D eigenvalue weighted by atomic mass is 79.9. The van der Waals surface area contributed by atoms with Gasteiger partial charge >= 0.3 is 0 Å². The van der Waals surface area contributed by atoms with E-state index in [0.29, 0.717) is 12.8 Å². The zero-order valence-corrected chi connectivity index (χ0v) is 23.4. The van der Waals surface area contributed by atoms with Crippen molar-refractivity contribution < 1.29 is 24.8 Å². The molecule has 3 aromatic carbocycles. The summed E-state index contributed by atoms with van der Waals surface area (Å²) in [7, 11) is 0. The molecule has 0 saturated heterocycles. The summed E-state index contributed by atoms with van der Waals surface area (Å²) in [6, 6.07) is 22.9. The number of phenolic OH excluding ortho intramolecular Hbond substituents is 1. The van der Waals surface area contributed by atoms with Crippen LogP contribution in [0.2, 0.25) is 0 Å². The van der Waals surface area contributed by atoms with Gasteiger partial charge in [-0.15, -0.1) is 0 Å². The van der Waals surface area contributed by atoms with Crippen LogP contribution in [0.5, 0.6) is 17.2 Å². The number of aryl methyl sites for hydroxylation is 1. The normalized spacial score (nSPS) is 10.2. The van der Waals surface area contributed by atoms with Crippen molar-refractivity contribution in [3.05, 3.63) is 89.5 Å². The molecule has 0 aromatic heterocycles. The summed E-state index contributed by atoms with van der Waals surface area (Å²) >= 11 is 3.41. The van der Waals surface area contributed by atoms with E-state index in [4.69, 9.17) is 24.8 Å². The van der Waals surface area contributed by atoms with Crippen LogP contribution in [0.25, 0.3) is 0 Å². The molecular weight excluding hydrogens is 520 g/mol. The van der Waals surface area contributed by atoms with Crippen LogP contribution in [-0.2, 0) is 19.3 Å². The molecule has 0 fully saturated rings. The predicted molar refractivity (Wildman–Crippen MR) is 152 cm³/mol. The molecule has 0 aliphatic rings. The van der Waals surface area contributed by atoms with Crippen molar-refractivity contribution in [1.82, 2.24) is 0 Å². The van der Waals surface area contributed by atoms with Crippen LogP contribution in [0, 0.1) is 0 Å². The third-order valence-corrected chi connectivity index (χ3v) is 5.11. The number of aromatic hydroxyl groups is 1. The summed E-state index contributed by atoms with van der Waals surface area (Å²) in [6.45, 7) is 8.43. The van der Waals surface area contributed by atoms with Gasteiger partial charge in [0.15, 0.2) is 0 Å². The monoisotopic (exact) mass is 560 g/mol. The molecule has 0 atom stereocenters. The van der Waals surface area contributed by atoms with E-state index in [9.17, 15) is 0 Å². The topological polar surface area (TPSA) is 79.2 Å². The average Bonchev–Trinajstić information content (AvgIpc) is 2.84. The number of benzene rings is 3. The molecule has 0 aliphatic heterocycles. The second kappa shape index (κ2) is 18.7. The van der Waals surface area contributed by atoms with E-state index in [1.165, 1.54) is 5.56 Å². The van der Waals surface area contributed by atoms with Crippen molar-refractivity contribution in [2.75, 3.05) is 18.5 Å². The first-order valence-corrected chi connectivity index (χ1v) is 13.5. The Bertz CT molecular complexity index is 868. The number of aliphatic hydroxyl groups excluding tert-OH is 2. The molecule has 0 heterocycles. The lowest BCUT2D eigenvalue weighted by Gasteiger charge is -2.09. The van der Waals surface area contributed by atoms with Crippen LogP contribution >= 0.6 is 15.9 Å². The summed E-state index contributed by atoms with van der Waals surface area (Å²) < 4.78 is 11.0. The smallest absolute Gasteiger partial charge is 0.119 e.